The van der Waals surface area contributed by atoms with Crippen LogP contribution in [0, 0.1) is 6.92 Å². The molecule has 1 fully saturated rings. The van der Waals surface area contributed by atoms with Crippen molar-refractivity contribution in [3.8, 4) is 0 Å². The zero-order valence-corrected chi connectivity index (χ0v) is 14.5. The molecular weight excluding hydrogens is 308 g/mol. The van der Waals surface area contributed by atoms with E-state index in [1.165, 1.54) is 29.5 Å². The summed E-state index contributed by atoms with van der Waals surface area (Å²) in [6.45, 7) is 3.06. The van der Waals surface area contributed by atoms with E-state index in [2.05, 4.69) is 57.6 Å². The zero-order valence-electron chi connectivity index (χ0n) is 14.5. The van der Waals surface area contributed by atoms with Crippen molar-refractivity contribution in [3.05, 3.63) is 71.7 Å². The topological polar surface area (TPSA) is 33.4 Å². The fraction of sp³-hybridized carbons (Fsp3) is 0.333. The van der Waals surface area contributed by atoms with E-state index in [0.29, 0.717) is 12.1 Å². The van der Waals surface area contributed by atoms with Gasteiger partial charge in [-0.25, -0.2) is 9.50 Å². The van der Waals surface area contributed by atoms with Crippen LogP contribution in [-0.4, -0.2) is 31.6 Å². The highest BCUT2D eigenvalue weighted by Gasteiger charge is 2.36. The second kappa shape index (κ2) is 5.81. The van der Waals surface area contributed by atoms with E-state index < -0.39 is 0 Å². The normalized spacial score (nSPS) is 23.2. The SMILES string of the molecule is Cc1cc2ncc(C3=CC4CCC(C3)N4Cc3ccccc3)cn2n1. The first kappa shape index (κ1) is 14.8. The van der Waals surface area contributed by atoms with Gasteiger partial charge in [0, 0.05) is 42.7 Å². The van der Waals surface area contributed by atoms with Crippen molar-refractivity contribution >= 4 is 11.2 Å². The summed E-state index contributed by atoms with van der Waals surface area (Å²) in [6, 6.07) is 14.0. The first-order valence-electron chi connectivity index (χ1n) is 9.09. The maximum Gasteiger partial charge on any atom is 0.155 e. The molecule has 4 nitrogen and oxygen atoms in total. The first-order valence-corrected chi connectivity index (χ1v) is 9.09. The van der Waals surface area contributed by atoms with Gasteiger partial charge in [-0.15, -0.1) is 0 Å². The van der Waals surface area contributed by atoms with Gasteiger partial charge in [-0.1, -0.05) is 36.4 Å². The molecule has 0 aliphatic carbocycles. The van der Waals surface area contributed by atoms with E-state index in [1.807, 2.05) is 23.7 Å². The van der Waals surface area contributed by atoms with E-state index in [4.69, 9.17) is 0 Å². The van der Waals surface area contributed by atoms with Crippen molar-refractivity contribution in [1.82, 2.24) is 19.5 Å². The lowest BCUT2D eigenvalue weighted by atomic mass is 9.96. The van der Waals surface area contributed by atoms with Gasteiger partial charge in [0.1, 0.15) is 0 Å². The summed E-state index contributed by atoms with van der Waals surface area (Å²) >= 11 is 0. The number of nitrogens with zero attached hydrogens (tertiary/aromatic N) is 4. The van der Waals surface area contributed by atoms with E-state index >= 15 is 0 Å². The van der Waals surface area contributed by atoms with Gasteiger partial charge >= 0.3 is 0 Å². The molecule has 3 aromatic rings. The predicted molar refractivity (Wildman–Crippen MR) is 99.1 cm³/mol. The fourth-order valence-corrected chi connectivity index (χ4v) is 4.33. The molecule has 0 N–H and O–H groups in total. The molecule has 2 aliphatic rings. The molecule has 5 rings (SSSR count). The number of fused-ring (bicyclic) bond motifs is 3. The maximum absolute atomic E-state index is 4.58. The Bertz CT molecular complexity index is 941. The Balaban J connectivity index is 1.43. The average molecular weight is 330 g/mol. The monoisotopic (exact) mass is 330 g/mol. The number of rotatable bonds is 3. The highest BCUT2D eigenvalue weighted by Crippen LogP contribution is 2.39. The summed E-state index contributed by atoms with van der Waals surface area (Å²) in [5.74, 6) is 0. The summed E-state index contributed by atoms with van der Waals surface area (Å²) in [5.41, 5.74) is 5.99. The van der Waals surface area contributed by atoms with Crippen LogP contribution < -0.4 is 0 Å². The van der Waals surface area contributed by atoms with Gasteiger partial charge in [0.2, 0.25) is 0 Å². The lowest BCUT2D eigenvalue weighted by molar-refractivity contribution is 0.203. The van der Waals surface area contributed by atoms with Crippen LogP contribution in [0.15, 0.2) is 54.9 Å². The molecule has 4 heterocycles. The largest absolute Gasteiger partial charge is 0.289 e. The highest BCUT2D eigenvalue weighted by molar-refractivity contribution is 5.67. The van der Waals surface area contributed by atoms with Crippen molar-refractivity contribution in [1.29, 1.82) is 0 Å². The Hall–Kier alpha value is -2.46. The second-order valence-corrected chi connectivity index (χ2v) is 7.28. The number of benzene rings is 1. The molecule has 2 bridgehead atoms. The smallest absolute Gasteiger partial charge is 0.155 e. The third-order valence-electron chi connectivity index (χ3n) is 5.55. The predicted octanol–water partition coefficient (Wildman–Crippen LogP) is 3.86. The van der Waals surface area contributed by atoms with Crippen LogP contribution in [0.4, 0.5) is 0 Å². The van der Waals surface area contributed by atoms with Gasteiger partial charge in [-0.3, -0.25) is 4.90 Å². The minimum absolute atomic E-state index is 0.545. The van der Waals surface area contributed by atoms with Gasteiger partial charge in [0.15, 0.2) is 5.65 Å². The molecule has 1 aromatic carbocycles. The van der Waals surface area contributed by atoms with E-state index in [-0.39, 0.29) is 0 Å². The van der Waals surface area contributed by atoms with Gasteiger partial charge in [-0.05, 0) is 37.3 Å². The van der Waals surface area contributed by atoms with Gasteiger partial charge in [-0.2, -0.15) is 5.10 Å². The summed E-state index contributed by atoms with van der Waals surface area (Å²) in [7, 11) is 0. The minimum Gasteiger partial charge on any atom is -0.289 e. The Morgan fingerprint density at radius 2 is 2.04 bits per heavy atom. The van der Waals surface area contributed by atoms with Crippen molar-refractivity contribution in [2.24, 2.45) is 0 Å². The van der Waals surface area contributed by atoms with Gasteiger partial charge < -0.3 is 0 Å². The molecule has 25 heavy (non-hydrogen) atoms. The highest BCUT2D eigenvalue weighted by atomic mass is 15.2. The minimum atomic E-state index is 0.545. The van der Waals surface area contributed by atoms with Crippen molar-refractivity contribution in [3.63, 3.8) is 0 Å². The van der Waals surface area contributed by atoms with Gasteiger partial charge in [0.05, 0.1) is 5.69 Å². The van der Waals surface area contributed by atoms with E-state index in [1.54, 1.807) is 0 Å². The Morgan fingerprint density at radius 3 is 2.88 bits per heavy atom. The van der Waals surface area contributed by atoms with Crippen molar-refractivity contribution in [2.45, 2.75) is 44.8 Å². The zero-order chi connectivity index (χ0) is 16.8. The summed E-state index contributed by atoms with van der Waals surface area (Å²) in [5, 5.41) is 4.51. The molecule has 2 atom stereocenters. The van der Waals surface area contributed by atoms with E-state index in [9.17, 15) is 0 Å². The number of aromatic nitrogens is 3. The summed E-state index contributed by atoms with van der Waals surface area (Å²) < 4.78 is 1.91. The molecule has 0 radical (unpaired) electrons. The molecule has 2 aliphatic heterocycles. The third kappa shape index (κ3) is 2.67. The lowest BCUT2D eigenvalue weighted by Gasteiger charge is -2.34. The van der Waals surface area contributed by atoms with Gasteiger partial charge in [0.25, 0.3) is 0 Å². The molecule has 2 aromatic heterocycles. The molecule has 0 spiro atoms. The number of hydrogen-bond acceptors (Lipinski definition) is 3. The van der Waals surface area contributed by atoms with E-state index in [0.717, 1.165) is 24.3 Å². The second-order valence-electron chi connectivity index (χ2n) is 7.28. The first-order chi connectivity index (χ1) is 12.3. The molecule has 1 saturated heterocycles. The Labute approximate surface area is 147 Å². The quantitative estimate of drug-likeness (QED) is 0.731. The molecule has 126 valence electrons. The third-order valence-corrected chi connectivity index (χ3v) is 5.55. The number of aryl methyl sites for hydroxylation is 1. The Morgan fingerprint density at radius 1 is 1.16 bits per heavy atom. The lowest BCUT2D eigenvalue weighted by Crippen LogP contribution is -2.37. The average Bonchev–Trinajstić information content (AvgIpc) is 3.09. The Kier molecular flexibility index (Phi) is 3.45. The van der Waals surface area contributed by atoms with Crippen LogP contribution in [0.25, 0.3) is 11.2 Å². The maximum atomic E-state index is 4.58. The molecule has 0 saturated carbocycles. The standard InChI is InChI=1S/C21H22N4/c1-15-9-21-22-12-18(14-25(21)23-15)17-10-19-7-8-20(11-17)24(19)13-16-5-3-2-4-6-16/h2-6,9-10,12,14,19-20H,7-8,11,13H2,1H3. The number of hydrogen-bond donors (Lipinski definition) is 0. The summed E-state index contributed by atoms with van der Waals surface area (Å²) in [4.78, 5) is 7.25. The van der Waals surface area contributed by atoms with Crippen LogP contribution in [-0.2, 0) is 6.54 Å². The van der Waals surface area contributed by atoms with Crippen molar-refractivity contribution in [2.75, 3.05) is 0 Å². The van der Waals surface area contributed by atoms with Crippen LogP contribution in [0.2, 0.25) is 0 Å². The van der Waals surface area contributed by atoms with Crippen LogP contribution in [0.5, 0.6) is 0 Å². The van der Waals surface area contributed by atoms with Crippen molar-refractivity contribution < 1.29 is 0 Å². The molecular formula is C21H22N4. The molecule has 4 heteroatoms. The summed E-state index contributed by atoms with van der Waals surface area (Å²) in [6.07, 6.45) is 10.3. The molecule has 0 amide bonds. The van der Waals surface area contributed by atoms with Crippen LogP contribution in [0.3, 0.4) is 0 Å². The molecule has 2 unspecified atom stereocenters. The van der Waals surface area contributed by atoms with Crippen LogP contribution in [0.1, 0.15) is 36.1 Å². The van der Waals surface area contributed by atoms with Crippen LogP contribution >= 0.6 is 0 Å². The fourth-order valence-electron chi connectivity index (χ4n) is 4.33.